The Bertz CT molecular complexity index is 916. The molecule has 0 radical (unpaired) electrons. The molecule has 0 aliphatic rings. The molecule has 148 valence electrons. The van der Waals surface area contributed by atoms with E-state index in [1.807, 2.05) is 19.9 Å². The van der Waals surface area contributed by atoms with Crippen LogP contribution in [0.2, 0.25) is 0 Å². The van der Waals surface area contributed by atoms with Crippen molar-refractivity contribution >= 4 is 33.0 Å². The molecule has 0 aliphatic carbocycles. The quantitative estimate of drug-likeness (QED) is 0.716. The van der Waals surface area contributed by atoms with E-state index in [4.69, 9.17) is 4.74 Å². The molecule has 2 rings (SSSR count). The Morgan fingerprint density at radius 1 is 1.19 bits per heavy atom. The maximum Gasteiger partial charge on any atom is 0.265 e. The zero-order valence-electron chi connectivity index (χ0n) is 16.3. The summed E-state index contributed by atoms with van der Waals surface area (Å²) in [6.45, 7) is 8.35. The number of benzene rings is 1. The predicted molar refractivity (Wildman–Crippen MR) is 109 cm³/mol. The minimum absolute atomic E-state index is 0.124. The standard InChI is InChI=1S/C19H26N2O4S2/c1-6-17-13(4)11-18(26-17)19(22)20-15-12-14(9-10-16(15)25-5)27(23,24)21(7-2)8-3/h9-12H,6-8H2,1-5H3,(H,20,22). The Morgan fingerprint density at radius 3 is 2.37 bits per heavy atom. The first-order valence-electron chi connectivity index (χ1n) is 8.87. The van der Waals surface area contributed by atoms with E-state index in [2.05, 4.69) is 5.32 Å². The molecule has 0 saturated carbocycles. The second kappa shape index (κ2) is 8.86. The summed E-state index contributed by atoms with van der Waals surface area (Å²) in [5, 5.41) is 2.79. The number of ether oxygens (including phenoxy) is 1. The van der Waals surface area contributed by atoms with Gasteiger partial charge in [-0.25, -0.2) is 8.42 Å². The van der Waals surface area contributed by atoms with Crippen LogP contribution in [0.1, 0.15) is 40.9 Å². The fourth-order valence-electron chi connectivity index (χ4n) is 2.82. The smallest absolute Gasteiger partial charge is 0.265 e. The van der Waals surface area contributed by atoms with Crippen LogP contribution >= 0.6 is 11.3 Å². The van der Waals surface area contributed by atoms with E-state index in [-0.39, 0.29) is 10.8 Å². The molecule has 1 amide bonds. The number of nitrogens with zero attached hydrogens (tertiary/aromatic N) is 1. The molecule has 27 heavy (non-hydrogen) atoms. The van der Waals surface area contributed by atoms with Gasteiger partial charge in [-0.05, 0) is 43.2 Å². The van der Waals surface area contributed by atoms with Crippen molar-refractivity contribution in [2.45, 2.75) is 39.0 Å². The first-order chi connectivity index (χ1) is 12.8. The topological polar surface area (TPSA) is 75.7 Å². The molecule has 0 fully saturated rings. The van der Waals surface area contributed by atoms with Gasteiger partial charge < -0.3 is 10.1 Å². The van der Waals surface area contributed by atoms with E-state index in [0.29, 0.717) is 29.4 Å². The maximum atomic E-state index is 12.8. The molecule has 0 bridgehead atoms. The Kier molecular flexibility index (Phi) is 7.02. The number of nitrogens with one attached hydrogen (secondary N) is 1. The second-order valence-electron chi connectivity index (χ2n) is 5.98. The van der Waals surface area contributed by atoms with Crippen molar-refractivity contribution in [2.75, 3.05) is 25.5 Å². The molecule has 1 aromatic heterocycles. The van der Waals surface area contributed by atoms with Crippen molar-refractivity contribution in [3.63, 3.8) is 0 Å². The van der Waals surface area contributed by atoms with Crippen molar-refractivity contribution in [1.82, 2.24) is 4.31 Å². The molecule has 0 unspecified atom stereocenters. The van der Waals surface area contributed by atoms with Crippen LogP contribution in [0.3, 0.4) is 0 Å². The summed E-state index contributed by atoms with van der Waals surface area (Å²) in [5.74, 6) is 0.129. The summed E-state index contributed by atoms with van der Waals surface area (Å²) in [6, 6.07) is 6.35. The molecule has 2 aromatic rings. The van der Waals surface area contributed by atoms with Crippen molar-refractivity contribution in [3.05, 3.63) is 39.6 Å². The lowest BCUT2D eigenvalue weighted by molar-refractivity contribution is 0.103. The number of methoxy groups -OCH3 is 1. The largest absolute Gasteiger partial charge is 0.495 e. The Balaban J connectivity index is 2.39. The lowest BCUT2D eigenvalue weighted by atomic mass is 10.2. The molecule has 0 saturated heterocycles. The van der Waals surface area contributed by atoms with Gasteiger partial charge in [-0.2, -0.15) is 4.31 Å². The molecule has 1 N–H and O–H groups in total. The molecule has 0 aliphatic heterocycles. The van der Waals surface area contributed by atoms with Gasteiger partial charge in [-0.3, -0.25) is 4.79 Å². The molecule has 1 heterocycles. The summed E-state index contributed by atoms with van der Waals surface area (Å²) >= 11 is 1.44. The van der Waals surface area contributed by atoms with Crippen molar-refractivity contribution in [3.8, 4) is 5.75 Å². The third kappa shape index (κ3) is 4.51. The summed E-state index contributed by atoms with van der Waals surface area (Å²) < 4.78 is 32.2. The monoisotopic (exact) mass is 410 g/mol. The van der Waals surface area contributed by atoms with Crippen LogP contribution in [0, 0.1) is 6.92 Å². The number of anilines is 1. The van der Waals surface area contributed by atoms with Gasteiger partial charge in [0, 0.05) is 18.0 Å². The number of thiophene rings is 1. The first kappa shape index (κ1) is 21.4. The van der Waals surface area contributed by atoms with E-state index in [1.165, 1.54) is 34.9 Å². The number of aryl methyl sites for hydroxylation is 2. The summed E-state index contributed by atoms with van der Waals surface area (Å²) in [5.41, 5.74) is 1.41. The van der Waals surface area contributed by atoms with E-state index in [0.717, 1.165) is 16.9 Å². The second-order valence-corrected chi connectivity index (χ2v) is 9.05. The summed E-state index contributed by atoms with van der Waals surface area (Å²) in [4.78, 5) is 14.5. The Hall–Kier alpha value is -1.90. The summed E-state index contributed by atoms with van der Waals surface area (Å²) in [6.07, 6.45) is 0.866. The number of rotatable bonds is 8. The van der Waals surface area contributed by atoms with Crippen LogP contribution in [-0.4, -0.2) is 38.8 Å². The fraction of sp³-hybridized carbons (Fsp3) is 0.421. The van der Waals surface area contributed by atoms with Gasteiger partial charge in [0.05, 0.1) is 22.6 Å². The van der Waals surface area contributed by atoms with E-state index < -0.39 is 10.0 Å². The van der Waals surface area contributed by atoms with Crippen LogP contribution in [0.15, 0.2) is 29.2 Å². The first-order valence-corrected chi connectivity index (χ1v) is 11.1. The van der Waals surface area contributed by atoms with Gasteiger partial charge in [-0.1, -0.05) is 20.8 Å². The van der Waals surface area contributed by atoms with E-state index >= 15 is 0 Å². The normalized spacial score (nSPS) is 11.6. The highest BCUT2D eigenvalue weighted by atomic mass is 32.2. The molecule has 0 atom stereocenters. The van der Waals surface area contributed by atoms with Crippen LogP contribution in [0.25, 0.3) is 0 Å². The zero-order chi connectivity index (χ0) is 20.2. The lowest BCUT2D eigenvalue weighted by Crippen LogP contribution is -2.30. The molecule has 6 nitrogen and oxygen atoms in total. The maximum absolute atomic E-state index is 12.8. The number of hydrogen-bond donors (Lipinski definition) is 1. The number of hydrogen-bond acceptors (Lipinski definition) is 5. The van der Waals surface area contributed by atoms with Crippen LogP contribution < -0.4 is 10.1 Å². The van der Waals surface area contributed by atoms with Crippen molar-refractivity contribution < 1.29 is 17.9 Å². The number of amides is 1. The average Bonchev–Trinajstić information content (AvgIpc) is 3.03. The van der Waals surface area contributed by atoms with Gasteiger partial charge in [0.2, 0.25) is 10.0 Å². The van der Waals surface area contributed by atoms with Crippen LogP contribution in [0.5, 0.6) is 5.75 Å². The minimum atomic E-state index is -3.63. The highest BCUT2D eigenvalue weighted by Gasteiger charge is 2.23. The molecule has 1 aromatic carbocycles. The van der Waals surface area contributed by atoms with Gasteiger partial charge in [-0.15, -0.1) is 11.3 Å². The number of sulfonamides is 1. The summed E-state index contributed by atoms with van der Waals surface area (Å²) in [7, 11) is -2.15. The highest BCUT2D eigenvalue weighted by molar-refractivity contribution is 7.89. The Labute approximate surface area is 165 Å². The van der Waals surface area contributed by atoms with Gasteiger partial charge in [0.15, 0.2) is 0 Å². The van der Waals surface area contributed by atoms with Crippen LogP contribution in [0.4, 0.5) is 5.69 Å². The van der Waals surface area contributed by atoms with Gasteiger partial charge in [0.1, 0.15) is 5.75 Å². The van der Waals surface area contributed by atoms with Crippen LogP contribution in [-0.2, 0) is 16.4 Å². The number of carbonyl (C=O) groups is 1. The molecular weight excluding hydrogens is 384 g/mol. The molecular formula is C19H26N2O4S2. The zero-order valence-corrected chi connectivity index (χ0v) is 18.0. The minimum Gasteiger partial charge on any atom is -0.495 e. The van der Waals surface area contributed by atoms with Crippen molar-refractivity contribution in [2.24, 2.45) is 0 Å². The average molecular weight is 411 g/mol. The molecule has 0 spiro atoms. The van der Waals surface area contributed by atoms with Gasteiger partial charge in [0.25, 0.3) is 5.91 Å². The highest BCUT2D eigenvalue weighted by Crippen LogP contribution is 2.30. The molecule has 8 heteroatoms. The number of carbonyl (C=O) groups excluding carboxylic acids is 1. The fourth-order valence-corrected chi connectivity index (χ4v) is 5.32. The van der Waals surface area contributed by atoms with E-state index in [1.54, 1.807) is 19.9 Å². The Morgan fingerprint density at radius 2 is 1.85 bits per heavy atom. The lowest BCUT2D eigenvalue weighted by Gasteiger charge is -2.19. The predicted octanol–water partition coefficient (Wildman–Crippen LogP) is 3.91. The third-order valence-electron chi connectivity index (χ3n) is 4.33. The van der Waals surface area contributed by atoms with Crippen molar-refractivity contribution in [1.29, 1.82) is 0 Å². The SMILES string of the molecule is CCc1sc(C(=O)Nc2cc(S(=O)(=O)N(CC)CC)ccc2OC)cc1C. The van der Waals surface area contributed by atoms with E-state index in [9.17, 15) is 13.2 Å². The third-order valence-corrected chi connectivity index (χ3v) is 7.75. The van der Waals surface area contributed by atoms with Gasteiger partial charge >= 0.3 is 0 Å².